The number of aromatic nitrogens is 1. The molecule has 1 aromatic heterocycles. The summed E-state index contributed by atoms with van der Waals surface area (Å²) in [5, 5.41) is 12.8. The zero-order chi connectivity index (χ0) is 17.9. The Morgan fingerprint density at radius 1 is 1.38 bits per heavy atom. The molecule has 1 heterocycles. The molecule has 0 aliphatic rings. The Bertz CT molecular complexity index is 768. The number of carboxylic acids is 1. The van der Waals surface area contributed by atoms with E-state index in [9.17, 15) is 9.59 Å². The number of hydrogen-bond donors (Lipinski definition) is 2. The van der Waals surface area contributed by atoms with Crippen molar-refractivity contribution in [2.45, 2.75) is 40.2 Å². The maximum absolute atomic E-state index is 12.5. The highest BCUT2D eigenvalue weighted by molar-refractivity contribution is 7.13. The molecule has 0 unspecified atom stereocenters. The van der Waals surface area contributed by atoms with Crippen LogP contribution in [0.1, 0.15) is 51.5 Å². The molecule has 0 radical (unpaired) electrons. The summed E-state index contributed by atoms with van der Waals surface area (Å²) >= 11 is 1.34. The van der Waals surface area contributed by atoms with Crippen molar-refractivity contribution in [1.82, 2.24) is 4.98 Å². The third kappa shape index (κ3) is 4.11. The van der Waals surface area contributed by atoms with Crippen molar-refractivity contribution in [2.75, 3.05) is 5.32 Å². The van der Waals surface area contributed by atoms with Gasteiger partial charge >= 0.3 is 5.97 Å². The van der Waals surface area contributed by atoms with E-state index in [2.05, 4.69) is 10.3 Å². The van der Waals surface area contributed by atoms with Crippen molar-refractivity contribution in [2.24, 2.45) is 0 Å². The van der Waals surface area contributed by atoms with E-state index < -0.39 is 5.97 Å². The Morgan fingerprint density at radius 3 is 2.62 bits per heavy atom. The van der Waals surface area contributed by atoms with Crippen LogP contribution in [0.5, 0.6) is 5.75 Å². The molecule has 0 aliphatic carbocycles. The SMILES string of the molecule is CCc1nc(C)c(C(=O)Nc2cc(C(=O)O)ccc2OC(C)C)s1. The number of hydrogen-bond acceptors (Lipinski definition) is 5. The lowest BCUT2D eigenvalue weighted by Gasteiger charge is -2.15. The summed E-state index contributed by atoms with van der Waals surface area (Å²) in [6.45, 7) is 7.48. The first-order valence-electron chi connectivity index (χ1n) is 7.63. The summed E-state index contributed by atoms with van der Waals surface area (Å²) < 4.78 is 5.65. The van der Waals surface area contributed by atoms with E-state index in [4.69, 9.17) is 9.84 Å². The van der Waals surface area contributed by atoms with Gasteiger partial charge in [-0.25, -0.2) is 9.78 Å². The summed E-state index contributed by atoms with van der Waals surface area (Å²) in [6, 6.07) is 4.40. The summed E-state index contributed by atoms with van der Waals surface area (Å²) in [5.41, 5.74) is 1.08. The first kappa shape index (κ1) is 17.9. The highest BCUT2D eigenvalue weighted by Crippen LogP contribution is 2.29. The van der Waals surface area contributed by atoms with E-state index in [0.717, 1.165) is 11.4 Å². The molecule has 2 N–H and O–H groups in total. The fourth-order valence-electron chi connectivity index (χ4n) is 2.11. The summed E-state index contributed by atoms with van der Waals surface area (Å²) in [6.07, 6.45) is 0.655. The lowest BCUT2D eigenvalue weighted by molar-refractivity contribution is 0.0696. The number of amides is 1. The molecule has 24 heavy (non-hydrogen) atoms. The Balaban J connectivity index is 2.34. The van der Waals surface area contributed by atoms with Gasteiger partial charge in [-0.2, -0.15) is 0 Å². The van der Waals surface area contributed by atoms with Gasteiger partial charge in [0.2, 0.25) is 0 Å². The van der Waals surface area contributed by atoms with E-state index in [1.54, 1.807) is 13.0 Å². The number of thiazole rings is 1. The molecule has 1 aromatic carbocycles. The van der Waals surface area contributed by atoms with Gasteiger partial charge in [-0.3, -0.25) is 4.79 Å². The lowest BCUT2D eigenvalue weighted by atomic mass is 10.2. The normalized spacial score (nSPS) is 10.7. The number of nitrogens with zero attached hydrogens (tertiary/aromatic N) is 1. The van der Waals surface area contributed by atoms with Crippen molar-refractivity contribution in [3.8, 4) is 5.75 Å². The second-order valence-electron chi connectivity index (χ2n) is 5.51. The smallest absolute Gasteiger partial charge is 0.335 e. The number of carbonyl (C=O) groups is 2. The zero-order valence-corrected chi connectivity index (χ0v) is 14.9. The highest BCUT2D eigenvalue weighted by atomic mass is 32.1. The third-order valence-electron chi connectivity index (χ3n) is 3.19. The predicted octanol–water partition coefficient (Wildman–Crippen LogP) is 3.75. The monoisotopic (exact) mass is 348 g/mol. The number of anilines is 1. The number of nitrogens with one attached hydrogen (secondary N) is 1. The van der Waals surface area contributed by atoms with Crippen LogP contribution in [0.25, 0.3) is 0 Å². The van der Waals surface area contributed by atoms with Crippen molar-refractivity contribution >= 4 is 28.9 Å². The largest absolute Gasteiger partial charge is 0.489 e. The molecule has 0 atom stereocenters. The lowest BCUT2D eigenvalue weighted by Crippen LogP contribution is -2.15. The number of carboxylic acid groups (broad SMARTS) is 1. The molecule has 7 heteroatoms. The van der Waals surface area contributed by atoms with Crippen molar-refractivity contribution in [3.63, 3.8) is 0 Å². The van der Waals surface area contributed by atoms with E-state index in [1.807, 2.05) is 20.8 Å². The van der Waals surface area contributed by atoms with E-state index >= 15 is 0 Å². The van der Waals surface area contributed by atoms with E-state index in [-0.39, 0.29) is 17.6 Å². The van der Waals surface area contributed by atoms with Crippen LogP contribution >= 0.6 is 11.3 Å². The van der Waals surface area contributed by atoms with Crippen molar-refractivity contribution in [3.05, 3.63) is 39.3 Å². The third-order valence-corrected chi connectivity index (χ3v) is 4.49. The molecule has 2 aromatic rings. The van der Waals surface area contributed by atoms with Crippen LogP contribution in [0.2, 0.25) is 0 Å². The number of carbonyl (C=O) groups excluding carboxylic acids is 1. The van der Waals surface area contributed by atoms with Gasteiger partial charge in [0.15, 0.2) is 0 Å². The molecule has 128 valence electrons. The summed E-state index contributed by atoms with van der Waals surface area (Å²) in [4.78, 5) is 28.6. The average molecular weight is 348 g/mol. The van der Waals surface area contributed by atoms with Crippen LogP contribution in [-0.2, 0) is 6.42 Å². The maximum Gasteiger partial charge on any atom is 0.335 e. The van der Waals surface area contributed by atoms with Crippen LogP contribution in [0.4, 0.5) is 5.69 Å². The van der Waals surface area contributed by atoms with Crippen LogP contribution in [0.15, 0.2) is 18.2 Å². The minimum Gasteiger partial charge on any atom is -0.489 e. The molecule has 6 nitrogen and oxygen atoms in total. The quantitative estimate of drug-likeness (QED) is 0.830. The Labute approximate surface area is 144 Å². The van der Waals surface area contributed by atoms with Gasteiger partial charge in [-0.1, -0.05) is 6.92 Å². The number of benzene rings is 1. The standard InChI is InChI=1S/C17H20N2O4S/c1-5-14-18-10(4)15(24-14)16(20)19-12-8-11(17(21)22)6-7-13(12)23-9(2)3/h6-9H,5H2,1-4H3,(H,19,20)(H,21,22). The average Bonchev–Trinajstić information content (AvgIpc) is 2.89. The summed E-state index contributed by atoms with van der Waals surface area (Å²) in [5.74, 6) is -0.953. The minimum atomic E-state index is -1.07. The molecule has 0 aliphatic heterocycles. The predicted molar refractivity (Wildman–Crippen MR) is 93.3 cm³/mol. The van der Waals surface area contributed by atoms with Crippen LogP contribution < -0.4 is 10.1 Å². The topological polar surface area (TPSA) is 88.5 Å². The van der Waals surface area contributed by atoms with Gasteiger partial charge < -0.3 is 15.2 Å². The van der Waals surface area contributed by atoms with Crippen LogP contribution in [0.3, 0.4) is 0 Å². The Morgan fingerprint density at radius 2 is 2.08 bits per heavy atom. The van der Waals surface area contributed by atoms with Gasteiger partial charge in [0.05, 0.1) is 28.1 Å². The molecule has 0 saturated carbocycles. The number of ether oxygens (including phenoxy) is 1. The van der Waals surface area contributed by atoms with Gasteiger partial charge in [-0.15, -0.1) is 11.3 Å². The van der Waals surface area contributed by atoms with Gasteiger partial charge in [0, 0.05) is 0 Å². The number of aryl methyl sites for hydroxylation is 2. The molecule has 0 bridgehead atoms. The molecular formula is C17H20N2O4S. The number of rotatable bonds is 6. The first-order chi connectivity index (χ1) is 11.3. The second-order valence-corrected chi connectivity index (χ2v) is 6.60. The minimum absolute atomic E-state index is 0.0803. The zero-order valence-electron chi connectivity index (χ0n) is 14.0. The fourth-order valence-corrected chi connectivity index (χ4v) is 3.01. The molecule has 1 amide bonds. The molecule has 0 saturated heterocycles. The Kier molecular flexibility index (Phi) is 5.56. The molecule has 0 spiro atoms. The van der Waals surface area contributed by atoms with Gasteiger partial charge in [-0.05, 0) is 45.4 Å². The fraction of sp³-hybridized carbons (Fsp3) is 0.353. The van der Waals surface area contributed by atoms with Gasteiger partial charge in [0.1, 0.15) is 10.6 Å². The van der Waals surface area contributed by atoms with Crippen molar-refractivity contribution in [1.29, 1.82) is 0 Å². The molecule has 2 rings (SSSR count). The van der Waals surface area contributed by atoms with E-state index in [0.29, 0.717) is 22.0 Å². The second kappa shape index (κ2) is 7.44. The number of aromatic carboxylic acids is 1. The van der Waals surface area contributed by atoms with E-state index in [1.165, 1.54) is 23.5 Å². The van der Waals surface area contributed by atoms with Crippen molar-refractivity contribution < 1.29 is 19.4 Å². The van der Waals surface area contributed by atoms with Crippen LogP contribution in [-0.4, -0.2) is 28.1 Å². The Hall–Kier alpha value is -2.41. The van der Waals surface area contributed by atoms with Crippen LogP contribution in [0, 0.1) is 6.92 Å². The molecule has 0 fully saturated rings. The maximum atomic E-state index is 12.5. The van der Waals surface area contributed by atoms with Gasteiger partial charge in [0.25, 0.3) is 5.91 Å². The highest BCUT2D eigenvalue weighted by Gasteiger charge is 2.18. The molecular weight excluding hydrogens is 328 g/mol. The summed E-state index contributed by atoms with van der Waals surface area (Å²) in [7, 11) is 0. The first-order valence-corrected chi connectivity index (χ1v) is 8.45.